The number of aromatic nitrogens is 3. The maximum atomic E-state index is 5.82. The molecule has 0 fully saturated rings. The Bertz CT molecular complexity index is 536. The lowest BCUT2D eigenvalue weighted by Gasteiger charge is -2.10. The molecule has 0 aliphatic carbocycles. The first-order valence-corrected chi connectivity index (χ1v) is 6.53. The summed E-state index contributed by atoms with van der Waals surface area (Å²) in [6.07, 6.45) is 4.54. The van der Waals surface area contributed by atoms with Gasteiger partial charge >= 0.3 is 0 Å². The third-order valence-corrected chi connectivity index (χ3v) is 2.86. The average Bonchev–Trinajstić information content (AvgIpc) is 2.86. The Hall–Kier alpha value is -1.88. The molecular weight excluding hydrogens is 240 g/mol. The molecule has 0 saturated heterocycles. The summed E-state index contributed by atoms with van der Waals surface area (Å²) in [6, 6.07) is 3.91. The number of rotatable bonds is 6. The zero-order valence-corrected chi connectivity index (χ0v) is 11.5. The van der Waals surface area contributed by atoms with Crippen molar-refractivity contribution >= 4 is 0 Å². The third-order valence-electron chi connectivity index (χ3n) is 2.86. The quantitative estimate of drug-likeness (QED) is 0.858. The zero-order chi connectivity index (χ0) is 13.7. The van der Waals surface area contributed by atoms with E-state index in [1.807, 2.05) is 36.1 Å². The largest absolute Gasteiger partial charge is 0.487 e. The monoisotopic (exact) mass is 260 g/mol. The molecule has 19 heavy (non-hydrogen) atoms. The molecule has 2 N–H and O–H groups in total. The molecule has 2 aromatic heterocycles. The number of pyridine rings is 1. The van der Waals surface area contributed by atoms with Crippen molar-refractivity contribution in [2.45, 2.75) is 33.4 Å². The first kappa shape index (κ1) is 13.5. The summed E-state index contributed by atoms with van der Waals surface area (Å²) >= 11 is 0. The average molecular weight is 260 g/mol. The lowest BCUT2D eigenvalue weighted by molar-refractivity contribution is 0.301. The SMILES string of the molecule is CCn1cc(COc2ccc(C)nc2CCN)cn1. The van der Waals surface area contributed by atoms with Crippen LogP contribution in [0.15, 0.2) is 24.5 Å². The summed E-state index contributed by atoms with van der Waals surface area (Å²) in [6.45, 7) is 5.96. The number of hydrogen-bond acceptors (Lipinski definition) is 4. The molecule has 0 unspecified atom stereocenters. The number of aryl methyl sites for hydroxylation is 2. The molecule has 2 aromatic rings. The molecule has 0 aromatic carbocycles. The molecule has 2 heterocycles. The Balaban J connectivity index is 2.05. The molecule has 0 bridgehead atoms. The Morgan fingerprint density at radius 3 is 2.89 bits per heavy atom. The minimum absolute atomic E-state index is 0.502. The van der Waals surface area contributed by atoms with Gasteiger partial charge in [-0.25, -0.2) is 0 Å². The fourth-order valence-electron chi connectivity index (χ4n) is 1.86. The van der Waals surface area contributed by atoms with E-state index in [1.165, 1.54) is 0 Å². The summed E-state index contributed by atoms with van der Waals surface area (Å²) in [5, 5.41) is 4.22. The van der Waals surface area contributed by atoms with Crippen LogP contribution in [-0.2, 0) is 19.6 Å². The minimum atomic E-state index is 0.502. The van der Waals surface area contributed by atoms with Crippen molar-refractivity contribution in [1.82, 2.24) is 14.8 Å². The number of nitrogens with two attached hydrogens (primary N) is 1. The van der Waals surface area contributed by atoms with Crippen LogP contribution in [-0.4, -0.2) is 21.3 Å². The van der Waals surface area contributed by atoms with Crippen molar-refractivity contribution in [1.29, 1.82) is 0 Å². The van der Waals surface area contributed by atoms with Gasteiger partial charge in [0.2, 0.25) is 0 Å². The number of nitrogens with zero attached hydrogens (tertiary/aromatic N) is 3. The first-order valence-electron chi connectivity index (χ1n) is 6.53. The van der Waals surface area contributed by atoms with E-state index < -0.39 is 0 Å². The van der Waals surface area contributed by atoms with Gasteiger partial charge in [-0.15, -0.1) is 0 Å². The van der Waals surface area contributed by atoms with Crippen molar-refractivity contribution in [3.05, 3.63) is 41.5 Å². The van der Waals surface area contributed by atoms with Crippen molar-refractivity contribution in [3.63, 3.8) is 0 Å². The Kier molecular flexibility index (Phi) is 4.52. The van der Waals surface area contributed by atoms with E-state index in [-0.39, 0.29) is 0 Å². The molecule has 102 valence electrons. The molecule has 0 atom stereocenters. The zero-order valence-electron chi connectivity index (χ0n) is 11.5. The van der Waals surface area contributed by atoms with Crippen LogP contribution in [0, 0.1) is 6.92 Å². The van der Waals surface area contributed by atoms with Gasteiger partial charge in [-0.05, 0) is 32.5 Å². The van der Waals surface area contributed by atoms with E-state index in [9.17, 15) is 0 Å². The van der Waals surface area contributed by atoms with Crippen molar-refractivity contribution in [2.24, 2.45) is 5.73 Å². The standard InChI is InChI=1S/C14H20N4O/c1-3-18-9-12(8-16-18)10-19-14-5-4-11(2)17-13(14)6-7-15/h4-5,8-9H,3,6-7,10,15H2,1-2H3. The molecule has 0 radical (unpaired) electrons. The van der Waals surface area contributed by atoms with Crippen LogP contribution < -0.4 is 10.5 Å². The molecule has 0 amide bonds. The number of ether oxygens (including phenoxy) is 1. The summed E-state index contributed by atoms with van der Waals surface area (Å²) < 4.78 is 7.70. The van der Waals surface area contributed by atoms with E-state index >= 15 is 0 Å². The van der Waals surface area contributed by atoms with E-state index in [0.717, 1.165) is 35.7 Å². The molecule has 2 rings (SSSR count). The molecule has 0 spiro atoms. The van der Waals surface area contributed by atoms with Gasteiger partial charge in [0, 0.05) is 30.4 Å². The predicted molar refractivity (Wildman–Crippen MR) is 74.0 cm³/mol. The fourth-order valence-corrected chi connectivity index (χ4v) is 1.86. The van der Waals surface area contributed by atoms with Gasteiger partial charge in [0.15, 0.2) is 0 Å². The normalized spacial score (nSPS) is 10.7. The van der Waals surface area contributed by atoms with Gasteiger partial charge in [-0.2, -0.15) is 5.10 Å². The Labute approximate surface area is 113 Å². The van der Waals surface area contributed by atoms with Crippen LogP contribution in [0.5, 0.6) is 5.75 Å². The maximum Gasteiger partial charge on any atom is 0.141 e. The van der Waals surface area contributed by atoms with Crippen LogP contribution >= 0.6 is 0 Å². The van der Waals surface area contributed by atoms with Gasteiger partial charge < -0.3 is 10.5 Å². The Morgan fingerprint density at radius 2 is 2.21 bits per heavy atom. The summed E-state index contributed by atoms with van der Waals surface area (Å²) in [5.74, 6) is 0.806. The highest BCUT2D eigenvalue weighted by atomic mass is 16.5. The van der Waals surface area contributed by atoms with E-state index in [0.29, 0.717) is 13.2 Å². The third kappa shape index (κ3) is 3.54. The smallest absolute Gasteiger partial charge is 0.141 e. The first-order chi connectivity index (χ1) is 9.22. The summed E-state index contributed by atoms with van der Waals surface area (Å²) in [4.78, 5) is 4.47. The molecule has 5 nitrogen and oxygen atoms in total. The minimum Gasteiger partial charge on any atom is -0.487 e. The van der Waals surface area contributed by atoms with Gasteiger partial charge in [-0.1, -0.05) is 0 Å². The molecule has 5 heteroatoms. The Morgan fingerprint density at radius 1 is 1.37 bits per heavy atom. The predicted octanol–water partition coefficient (Wildman–Crippen LogP) is 1.69. The van der Waals surface area contributed by atoms with Gasteiger partial charge in [0.25, 0.3) is 0 Å². The lowest BCUT2D eigenvalue weighted by atomic mass is 10.2. The van der Waals surface area contributed by atoms with Crippen LogP contribution in [0.25, 0.3) is 0 Å². The topological polar surface area (TPSA) is 66.0 Å². The van der Waals surface area contributed by atoms with E-state index in [2.05, 4.69) is 17.0 Å². The second-order valence-electron chi connectivity index (χ2n) is 4.43. The van der Waals surface area contributed by atoms with E-state index in [1.54, 1.807) is 0 Å². The van der Waals surface area contributed by atoms with Crippen LogP contribution in [0.3, 0.4) is 0 Å². The summed E-state index contributed by atoms with van der Waals surface area (Å²) in [5.41, 5.74) is 8.56. The molecule has 0 aliphatic rings. The highest BCUT2D eigenvalue weighted by Gasteiger charge is 2.06. The second kappa shape index (κ2) is 6.33. The van der Waals surface area contributed by atoms with Gasteiger partial charge in [0.1, 0.15) is 12.4 Å². The van der Waals surface area contributed by atoms with Crippen molar-refractivity contribution in [3.8, 4) is 5.75 Å². The van der Waals surface area contributed by atoms with Gasteiger partial charge in [0.05, 0.1) is 11.9 Å². The van der Waals surface area contributed by atoms with Crippen LogP contribution in [0.1, 0.15) is 23.9 Å². The second-order valence-corrected chi connectivity index (χ2v) is 4.43. The maximum absolute atomic E-state index is 5.82. The fraction of sp³-hybridized carbons (Fsp3) is 0.429. The van der Waals surface area contributed by atoms with Crippen molar-refractivity contribution < 1.29 is 4.74 Å². The highest BCUT2D eigenvalue weighted by Crippen LogP contribution is 2.18. The summed E-state index contributed by atoms with van der Waals surface area (Å²) in [7, 11) is 0. The van der Waals surface area contributed by atoms with E-state index in [4.69, 9.17) is 10.5 Å². The van der Waals surface area contributed by atoms with Crippen LogP contribution in [0.2, 0.25) is 0 Å². The van der Waals surface area contributed by atoms with Crippen molar-refractivity contribution in [2.75, 3.05) is 6.54 Å². The highest BCUT2D eigenvalue weighted by molar-refractivity contribution is 5.29. The van der Waals surface area contributed by atoms with Crippen LogP contribution in [0.4, 0.5) is 0 Å². The number of hydrogen-bond donors (Lipinski definition) is 1. The molecule has 0 aliphatic heterocycles. The lowest BCUT2D eigenvalue weighted by Crippen LogP contribution is -2.08. The van der Waals surface area contributed by atoms with Gasteiger partial charge in [-0.3, -0.25) is 9.67 Å². The molecule has 0 saturated carbocycles. The molecular formula is C14H20N4O.